The third kappa shape index (κ3) is 7.55. The molecule has 0 spiro atoms. The second-order valence-corrected chi connectivity index (χ2v) is 8.46. The molecule has 0 unspecified atom stereocenters. The van der Waals surface area contributed by atoms with Crippen molar-refractivity contribution in [1.29, 1.82) is 0 Å². The minimum atomic E-state index is -0.893. The Morgan fingerprint density at radius 2 is 1.67 bits per heavy atom. The van der Waals surface area contributed by atoms with Crippen LogP contribution in [0.15, 0.2) is 54.6 Å². The van der Waals surface area contributed by atoms with Crippen molar-refractivity contribution in [2.24, 2.45) is 0 Å². The lowest BCUT2D eigenvalue weighted by molar-refractivity contribution is -0.158. The van der Waals surface area contributed by atoms with Gasteiger partial charge in [0, 0.05) is 19.3 Å². The predicted molar refractivity (Wildman–Crippen MR) is 120 cm³/mol. The van der Waals surface area contributed by atoms with Crippen molar-refractivity contribution in [3.05, 3.63) is 65.7 Å². The molecule has 0 aliphatic rings. The third-order valence-corrected chi connectivity index (χ3v) is 5.53. The Kier molecular flexibility index (Phi) is 8.92. The Morgan fingerprint density at radius 1 is 1.03 bits per heavy atom. The molecule has 2 aromatic carbocycles. The molecule has 2 rings (SSSR count). The van der Waals surface area contributed by atoms with Crippen molar-refractivity contribution in [2.45, 2.75) is 38.7 Å². The van der Waals surface area contributed by atoms with E-state index >= 15 is 0 Å². The molecule has 0 aliphatic heterocycles. The number of anilines is 1. The van der Waals surface area contributed by atoms with Gasteiger partial charge in [0.05, 0.1) is 5.75 Å². The molecule has 1 N–H and O–H groups in total. The molecule has 0 saturated carbocycles. The maximum atomic E-state index is 12.5. The average Bonchev–Trinajstić information content (AvgIpc) is 2.73. The number of nitrogens with one attached hydrogen (secondary N) is 1. The zero-order chi connectivity index (χ0) is 22.1. The summed E-state index contributed by atoms with van der Waals surface area (Å²) in [4.78, 5) is 38.4. The van der Waals surface area contributed by atoms with E-state index in [9.17, 15) is 14.4 Å². The summed E-state index contributed by atoms with van der Waals surface area (Å²) >= 11 is 1.17. The second kappa shape index (κ2) is 11.4. The van der Waals surface area contributed by atoms with Crippen LogP contribution >= 0.6 is 11.8 Å². The first kappa shape index (κ1) is 23.5. The maximum Gasteiger partial charge on any atom is 0.319 e. The van der Waals surface area contributed by atoms with E-state index in [1.54, 1.807) is 20.9 Å². The predicted octanol–water partition coefficient (Wildman–Crippen LogP) is 3.65. The van der Waals surface area contributed by atoms with Crippen LogP contribution in [0, 0.1) is 6.92 Å². The van der Waals surface area contributed by atoms with E-state index in [4.69, 9.17) is 4.74 Å². The van der Waals surface area contributed by atoms with Gasteiger partial charge in [-0.25, -0.2) is 0 Å². The molecule has 6 nitrogen and oxygen atoms in total. The first-order valence-corrected chi connectivity index (χ1v) is 10.8. The van der Waals surface area contributed by atoms with Gasteiger partial charge in [0.1, 0.15) is 5.25 Å². The Labute approximate surface area is 182 Å². The number of amides is 2. The summed E-state index contributed by atoms with van der Waals surface area (Å²) in [5.41, 5.74) is 2.81. The van der Waals surface area contributed by atoms with Gasteiger partial charge in [0.15, 0.2) is 6.10 Å². The van der Waals surface area contributed by atoms with Gasteiger partial charge >= 0.3 is 5.97 Å². The molecule has 30 heavy (non-hydrogen) atoms. The number of ether oxygens (including phenoxy) is 1. The number of aryl methyl sites for hydroxylation is 1. The van der Waals surface area contributed by atoms with Gasteiger partial charge in [-0.05, 0) is 38.5 Å². The first-order chi connectivity index (χ1) is 14.3. The number of rotatable bonds is 9. The first-order valence-electron chi connectivity index (χ1n) is 9.73. The Hall–Kier alpha value is -2.80. The lowest BCUT2D eigenvalue weighted by Gasteiger charge is -2.22. The van der Waals surface area contributed by atoms with E-state index in [1.807, 2.05) is 61.5 Å². The van der Waals surface area contributed by atoms with Crippen LogP contribution in [0.3, 0.4) is 0 Å². The van der Waals surface area contributed by atoms with Crippen LogP contribution in [0.5, 0.6) is 0 Å². The topological polar surface area (TPSA) is 75.7 Å². The number of carbonyl (C=O) groups excluding carboxylic acids is 3. The smallest absolute Gasteiger partial charge is 0.319 e. The fraction of sp³-hybridized carbons (Fsp3) is 0.348. The number of nitrogens with zero attached hydrogens (tertiary/aromatic N) is 1. The highest BCUT2D eigenvalue weighted by molar-refractivity contribution is 8.01. The standard InChI is InChI=1S/C23H28N2O4S/c1-16-10-12-20(13-11-16)24-21(26)15-30-18(3)23(28)29-17(2)22(27)25(4)14-19-8-6-5-7-9-19/h5-13,17-18H,14-15H2,1-4H3,(H,24,26)/t17-,18-/m1/s1. The Balaban J connectivity index is 1.76. The molecule has 2 atom stereocenters. The van der Waals surface area contributed by atoms with E-state index < -0.39 is 17.3 Å². The van der Waals surface area contributed by atoms with Crippen LogP contribution < -0.4 is 5.32 Å². The summed E-state index contributed by atoms with van der Waals surface area (Å²) in [5.74, 6) is -0.880. The molecular weight excluding hydrogens is 400 g/mol. The quantitative estimate of drug-likeness (QED) is 0.617. The van der Waals surface area contributed by atoms with Crippen LogP contribution in [-0.4, -0.2) is 46.8 Å². The third-order valence-electron chi connectivity index (χ3n) is 4.41. The monoisotopic (exact) mass is 428 g/mol. The van der Waals surface area contributed by atoms with E-state index in [1.165, 1.54) is 16.7 Å². The van der Waals surface area contributed by atoms with Crippen molar-refractivity contribution in [1.82, 2.24) is 4.90 Å². The molecule has 0 aliphatic carbocycles. The van der Waals surface area contributed by atoms with Gasteiger partial charge < -0.3 is 15.0 Å². The molecule has 7 heteroatoms. The Bertz CT molecular complexity index is 855. The molecule has 0 fully saturated rings. The van der Waals surface area contributed by atoms with Gasteiger partial charge in [-0.15, -0.1) is 11.8 Å². The van der Waals surface area contributed by atoms with Crippen LogP contribution in [0.25, 0.3) is 0 Å². The van der Waals surface area contributed by atoms with Gasteiger partial charge in [-0.3, -0.25) is 14.4 Å². The van der Waals surface area contributed by atoms with Gasteiger partial charge in [0.2, 0.25) is 5.91 Å². The van der Waals surface area contributed by atoms with E-state index in [2.05, 4.69) is 5.32 Å². The zero-order valence-corrected chi connectivity index (χ0v) is 18.6. The lowest BCUT2D eigenvalue weighted by Crippen LogP contribution is -2.38. The SMILES string of the molecule is Cc1ccc(NC(=O)CS[C@H](C)C(=O)O[C@H](C)C(=O)N(C)Cc2ccccc2)cc1. The van der Waals surface area contributed by atoms with E-state index in [-0.39, 0.29) is 17.6 Å². The van der Waals surface area contributed by atoms with Gasteiger partial charge in [-0.1, -0.05) is 48.0 Å². The van der Waals surface area contributed by atoms with Crippen LogP contribution in [0.4, 0.5) is 5.69 Å². The lowest BCUT2D eigenvalue weighted by atomic mass is 10.2. The fourth-order valence-corrected chi connectivity index (χ4v) is 3.33. The highest BCUT2D eigenvalue weighted by Gasteiger charge is 2.25. The molecule has 2 aromatic rings. The maximum absolute atomic E-state index is 12.5. The summed E-state index contributed by atoms with van der Waals surface area (Å²) in [5, 5.41) is 2.22. The minimum absolute atomic E-state index is 0.111. The highest BCUT2D eigenvalue weighted by Crippen LogP contribution is 2.15. The number of esters is 1. The molecule has 0 saturated heterocycles. The molecule has 0 radical (unpaired) electrons. The molecule has 0 aromatic heterocycles. The van der Waals surface area contributed by atoms with Crippen LogP contribution in [0.1, 0.15) is 25.0 Å². The Morgan fingerprint density at radius 3 is 2.30 bits per heavy atom. The van der Waals surface area contributed by atoms with Crippen molar-refractivity contribution >= 4 is 35.2 Å². The second-order valence-electron chi connectivity index (χ2n) is 7.13. The summed E-state index contributed by atoms with van der Waals surface area (Å²) < 4.78 is 5.31. The number of thioether (sulfide) groups is 1. The number of hydrogen-bond acceptors (Lipinski definition) is 5. The molecule has 2 amide bonds. The minimum Gasteiger partial charge on any atom is -0.452 e. The summed E-state index contributed by atoms with van der Waals surface area (Å²) in [6.07, 6.45) is -0.893. The van der Waals surface area contributed by atoms with Crippen LogP contribution in [-0.2, 0) is 25.7 Å². The van der Waals surface area contributed by atoms with Crippen molar-refractivity contribution in [3.63, 3.8) is 0 Å². The van der Waals surface area contributed by atoms with Gasteiger partial charge in [0.25, 0.3) is 5.91 Å². The largest absolute Gasteiger partial charge is 0.452 e. The summed E-state index contributed by atoms with van der Waals surface area (Å²) in [6, 6.07) is 17.1. The van der Waals surface area contributed by atoms with E-state index in [0.717, 1.165) is 11.1 Å². The van der Waals surface area contributed by atoms with E-state index in [0.29, 0.717) is 12.2 Å². The zero-order valence-electron chi connectivity index (χ0n) is 17.8. The number of hydrogen-bond donors (Lipinski definition) is 1. The molecule has 0 heterocycles. The number of likely N-dealkylation sites (N-methyl/N-ethyl adjacent to an activating group) is 1. The summed E-state index contributed by atoms with van der Waals surface area (Å²) in [7, 11) is 1.67. The molecule has 160 valence electrons. The summed E-state index contributed by atoms with van der Waals surface area (Å²) in [6.45, 7) is 5.63. The van der Waals surface area contributed by atoms with Crippen molar-refractivity contribution < 1.29 is 19.1 Å². The van der Waals surface area contributed by atoms with Crippen molar-refractivity contribution in [3.8, 4) is 0 Å². The van der Waals surface area contributed by atoms with Crippen molar-refractivity contribution in [2.75, 3.05) is 18.1 Å². The molecule has 0 bridgehead atoms. The van der Waals surface area contributed by atoms with Crippen LogP contribution in [0.2, 0.25) is 0 Å². The fourth-order valence-electron chi connectivity index (χ4n) is 2.67. The normalized spacial score (nSPS) is 12.5. The van der Waals surface area contributed by atoms with Gasteiger partial charge in [-0.2, -0.15) is 0 Å². The molecular formula is C23H28N2O4S. The number of benzene rings is 2. The highest BCUT2D eigenvalue weighted by atomic mass is 32.2. The average molecular weight is 429 g/mol. The number of carbonyl (C=O) groups is 3.